The number of nitrogens with one attached hydrogen (secondary N) is 1. The Labute approximate surface area is 76.6 Å². The Kier molecular flexibility index (Phi) is 2.52. The van der Waals surface area contributed by atoms with E-state index >= 15 is 0 Å². The molecule has 0 saturated carbocycles. The highest BCUT2D eigenvalue weighted by atomic mass is 19.1. The SMILES string of the molecule is CNc1ccc(C(C)(C)O)c(F)n1. The second-order valence-electron chi connectivity index (χ2n) is 3.34. The molecule has 1 rings (SSSR count). The van der Waals surface area contributed by atoms with Gasteiger partial charge in [0, 0.05) is 12.6 Å². The third-order valence-electron chi connectivity index (χ3n) is 1.76. The van der Waals surface area contributed by atoms with E-state index in [0.29, 0.717) is 5.82 Å². The van der Waals surface area contributed by atoms with E-state index in [-0.39, 0.29) is 5.56 Å². The van der Waals surface area contributed by atoms with Crippen LogP contribution in [0.1, 0.15) is 19.4 Å². The molecule has 0 unspecified atom stereocenters. The summed E-state index contributed by atoms with van der Waals surface area (Å²) in [4.78, 5) is 3.62. The van der Waals surface area contributed by atoms with Gasteiger partial charge in [0.2, 0.25) is 5.95 Å². The Morgan fingerprint density at radius 3 is 2.46 bits per heavy atom. The van der Waals surface area contributed by atoms with Gasteiger partial charge in [-0.15, -0.1) is 0 Å². The van der Waals surface area contributed by atoms with Crippen molar-refractivity contribution in [2.75, 3.05) is 12.4 Å². The number of anilines is 1. The first-order valence-electron chi connectivity index (χ1n) is 4.02. The number of hydrogen-bond acceptors (Lipinski definition) is 3. The van der Waals surface area contributed by atoms with E-state index in [2.05, 4.69) is 10.3 Å². The molecule has 0 aromatic carbocycles. The van der Waals surface area contributed by atoms with Crippen molar-refractivity contribution in [3.63, 3.8) is 0 Å². The summed E-state index contributed by atoms with van der Waals surface area (Å²) >= 11 is 0. The topological polar surface area (TPSA) is 45.1 Å². The molecule has 0 aliphatic heterocycles. The maximum atomic E-state index is 13.2. The molecule has 3 nitrogen and oxygen atoms in total. The average Bonchev–Trinajstić information content (AvgIpc) is 2.01. The Bertz CT molecular complexity index is 307. The molecule has 0 fully saturated rings. The molecule has 0 atom stereocenters. The van der Waals surface area contributed by atoms with Crippen molar-refractivity contribution in [2.45, 2.75) is 19.4 Å². The summed E-state index contributed by atoms with van der Waals surface area (Å²) in [6.45, 7) is 3.04. The van der Waals surface area contributed by atoms with Gasteiger partial charge in [0.1, 0.15) is 5.82 Å². The lowest BCUT2D eigenvalue weighted by Crippen LogP contribution is -2.18. The van der Waals surface area contributed by atoms with Crippen LogP contribution in [0.2, 0.25) is 0 Å². The molecule has 0 spiro atoms. The zero-order chi connectivity index (χ0) is 10.1. The van der Waals surface area contributed by atoms with Crippen LogP contribution >= 0.6 is 0 Å². The quantitative estimate of drug-likeness (QED) is 0.684. The molecule has 72 valence electrons. The fraction of sp³-hybridized carbons (Fsp3) is 0.444. The highest BCUT2D eigenvalue weighted by Crippen LogP contribution is 2.22. The van der Waals surface area contributed by atoms with E-state index in [1.54, 1.807) is 13.1 Å². The fourth-order valence-electron chi connectivity index (χ4n) is 1.03. The summed E-state index contributed by atoms with van der Waals surface area (Å²) in [5, 5.41) is 12.2. The van der Waals surface area contributed by atoms with E-state index in [1.165, 1.54) is 19.9 Å². The monoisotopic (exact) mass is 184 g/mol. The van der Waals surface area contributed by atoms with Crippen LogP contribution in [0.15, 0.2) is 12.1 Å². The zero-order valence-electron chi connectivity index (χ0n) is 7.93. The largest absolute Gasteiger partial charge is 0.386 e. The molecule has 1 aromatic rings. The first-order chi connectivity index (χ1) is 5.95. The van der Waals surface area contributed by atoms with E-state index in [9.17, 15) is 9.50 Å². The van der Waals surface area contributed by atoms with Gasteiger partial charge in [0.05, 0.1) is 5.60 Å². The minimum absolute atomic E-state index is 0.200. The Morgan fingerprint density at radius 1 is 1.46 bits per heavy atom. The predicted molar refractivity (Wildman–Crippen MR) is 49.0 cm³/mol. The first-order valence-corrected chi connectivity index (χ1v) is 4.02. The fourth-order valence-corrected chi connectivity index (χ4v) is 1.03. The summed E-state index contributed by atoms with van der Waals surface area (Å²) in [5.74, 6) is -0.190. The maximum Gasteiger partial charge on any atom is 0.220 e. The molecule has 0 saturated heterocycles. The van der Waals surface area contributed by atoms with Gasteiger partial charge in [-0.05, 0) is 26.0 Å². The molecule has 1 heterocycles. The van der Waals surface area contributed by atoms with Crippen LogP contribution in [0.25, 0.3) is 0 Å². The Balaban J connectivity index is 3.13. The van der Waals surface area contributed by atoms with Crippen LogP contribution in [0.5, 0.6) is 0 Å². The second kappa shape index (κ2) is 3.30. The molecule has 4 heteroatoms. The van der Waals surface area contributed by atoms with Gasteiger partial charge >= 0.3 is 0 Å². The third kappa shape index (κ3) is 2.15. The van der Waals surface area contributed by atoms with Gasteiger partial charge in [-0.2, -0.15) is 4.39 Å². The lowest BCUT2D eigenvalue weighted by Gasteiger charge is -2.17. The molecule has 0 amide bonds. The molecule has 1 aromatic heterocycles. The lowest BCUT2D eigenvalue weighted by molar-refractivity contribution is 0.0737. The zero-order valence-corrected chi connectivity index (χ0v) is 7.93. The van der Waals surface area contributed by atoms with Gasteiger partial charge in [-0.25, -0.2) is 4.98 Å². The summed E-state index contributed by atoms with van der Waals surface area (Å²) in [6.07, 6.45) is 0. The minimum atomic E-state index is -1.19. The van der Waals surface area contributed by atoms with Crippen molar-refractivity contribution >= 4 is 5.82 Å². The van der Waals surface area contributed by atoms with Gasteiger partial charge in [-0.1, -0.05) is 0 Å². The van der Waals surface area contributed by atoms with Crippen molar-refractivity contribution in [1.82, 2.24) is 4.98 Å². The Morgan fingerprint density at radius 2 is 2.08 bits per heavy atom. The van der Waals surface area contributed by atoms with Crippen LogP contribution in [-0.2, 0) is 5.60 Å². The van der Waals surface area contributed by atoms with Gasteiger partial charge in [-0.3, -0.25) is 0 Å². The molecule has 0 aliphatic rings. The number of pyridine rings is 1. The number of rotatable bonds is 2. The maximum absolute atomic E-state index is 13.2. The average molecular weight is 184 g/mol. The first kappa shape index (κ1) is 9.92. The number of aliphatic hydroxyl groups is 1. The van der Waals surface area contributed by atoms with E-state index in [0.717, 1.165) is 0 Å². The number of hydrogen-bond donors (Lipinski definition) is 2. The highest BCUT2D eigenvalue weighted by molar-refractivity contribution is 5.36. The van der Waals surface area contributed by atoms with Crippen molar-refractivity contribution in [2.24, 2.45) is 0 Å². The Hall–Kier alpha value is -1.16. The molecule has 0 radical (unpaired) electrons. The van der Waals surface area contributed by atoms with Crippen LogP contribution in [-0.4, -0.2) is 17.1 Å². The van der Waals surface area contributed by atoms with Crippen molar-refractivity contribution in [3.8, 4) is 0 Å². The molecule has 13 heavy (non-hydrogen) atoms. The number of nitrogens with zero attached hydrogens (tertiary/aromatic N) is 1. The summed E-state index contributed by atoms with van der Waals surface area (Å²) < 4.78 is 13.2. The summed E-state index contributed by atoms with van der Waals surface area (Å²) in [7, 11) is 1.66. The van der Waals surface area contributed by atoms with Crippen molar-refractivity contribution in [1.29, 1.82) is 0 Å². The molecular weight excluding hydrogens is 171 g/mol. The molecule has 0 aliphatic carbocycles. The van der Waals surface area contributed by atoms with E-state index in [4.69, 9.17) is 0 Å². The van der Waals surface area contributed by atoms with Gasteiger partial charge < -0.3 is 10.4 Å². The van der Waals surface area contributed by atoms with Crippen LogP contribution in [0.4, 0.5) is 10.2 Å². The van der Waals surface area contributed by atoms with Crippen LogP contribution in [0.3, 0.4) is 0 Å². The smallest absolute Gasteiger partial charge is 0.220 e. The highest BCUT2D eigenvalue weighted by Gasteiger charge is 2.21. The summed E-state index contributed by atoms with van der Waals surface area (Å²) in [6, 6.07) is 3.14. The summed E-state index contributed by atoms with van der Waals surface area (Å²) in [5.41, 5.74) is -0.991. The van der Waals surface area contributed by atoms with E-state index in [1.807, 2.05) is 0 Å². The van der Waals surface area contributed by atoms with E-state index < -0.39 is 11.5 Å². The van der Waals surface area contributed by atoms with Gasteiger partial charge in [0.15, 0.2) is 0 Å². The standard InChI is InChI=1S/C9H13FN2O/c1-9(2,13)6-4-5-7(11-3)12-8(6)10/h4-5,13H,1-3H3,(H,11,12). The minimum Gasteiger partial charge on any atom is -0.386 e. The second-order valence-corrected chi connectivity index (χ2v) is 3.34. The number of halogens is 1. The van der Waals surface area contributed by atoms with Crippen molar-refractivity contribution in [3.05, 3.63) is 23.6 Å². The molecule has 2 N–H and O–H groups in total. The normalized spacial score (nSPS) is 11.5. The van der Waals surface area contributed by atoms with Crippen LogP contribution in [0, 0.1) is 5.95 Å². The van der Waals surface area contributed by atoms with Gasteiger partial charge in [0.25, 0.3) is 0 Å². The van der Waals surface area contributed by atoms with Crippen LogP contribution < -0.4 is 5.32 Å². The van der Waals surface area contributed by atoms with Crippen molar-refractivity contribution < 1.29 is 9.50 Å². The third-order valence-corrected chi connectivity index (χ3v) is 1.76. The number of aromatic nitrogens is 1. The predicted octanol–water partition coefficient (Wildman–Crippen LogP) is 1.49. The lowest BCUT2D eigenvalue weighted by atomic mass is 10.0. The molecular formula is C9H13FN2O. The molecule has 0 bridgehead atoms.